The molecule has 4 rings (SSSR count). The highest BCUT2D eigenvalue weighted by Crippen LogP contribution is 2.65. The molecule has 41 heavy (non-hydrogen) atoms. The number of carbonyl (C=O) groups is 3. The third-order valence-electron chi connectivity index (χ3n) is 10.2. The van der Waals surface area contributed by atoms with Gasteiger partial charge in [0.25, 0.3) is 0 Å². The Morgan fingerprint density at radius 3 is 2.34 bits per heavy atom. The van der Waals surface area contributed by atoms with Gasteiger partial charge in [-0.25, -0.2) is 0 Å². The number of nitrogens with zero attached hydrogens (tertiary/aromatic N) is 3. The molecule has 2 bridgehead atoms. The zero-order valence-corrected chi connectivity index (χ0v) is 25.9. The van der Waals surface area contributed by atoms with Crippen molar-refractivity contribution in [2.45, 2.75) is 121 Å². The van der Waals surface area contributed by atoms with Gasteiger partial charge in [0, 0.05) is 25.7 Å². The lowest BCUT2D eigenvalue weighted by Crippen LogP contribution is -2.60. The maximum atomic E-state index is 14.8. The van der Waals surface area contributed by atoms with Crippen LogP contribution in [0.3, 0.4) is 0 Å². The molecule has 0 aromatic rings. The van der Waals surface area contributed by atoms with Gasteiger partial charge in [0.05, 0.1) is 30.1 Å². The standard InChI is InChI=1S/C33H53N3O5/c1-7-18-34(19-8-2)29(38)26-27-30(39)36(25(22-37)21-23(5)6)28(33(27)17-16-32(26,10-4)41-33)31(40)35(20-9-3)24-14-12-11-13-15-24/h7,9,23-28,37H,1,3,8,10-22H2,2,4-6H3/t25-,26+,27+,28?,32-,33?/m1/s1. The van der Waals surface area contributed by atoms with Crippen LogP contribution in [0.2, 0.25) is 0 Å². The summed E-state index contributed by atoms with van der Waals surface area (Å²) in [5.74, 6) is -1.62. The number of ether oxygens (including phenoxy) is 1. The van der Waals surface area contributed by atoms with Crippen molar-refractivity contribution in [3.05, 3.63) is 25.3 Å². The van der Waals surface area contributed by atoms with Crippen molar-refractivity contribution in [1.29, 1.82) is 0 Å². The number of fused-ring (bicyclic) bond motifs is 1. The smallest absolute Gasteiger partial charge is 0.248 e. The molecular weight excluding hydrogens is 518 g/mol. The first-order chi connectivity index (χ1) is 19.7. The minimum absolute atomic E-state index is 0.0822. The fourth-order valence-electron chi connectivity index (χ4n) is 8.55. The van der Waals surface area contributed by atoms with Gasteiger partial charge in [0.15, 0.2) is 0 Å². The molecule has 230 valence electrons. The van der Waals surface area contributed by atoms with E-state index in [4.69, 9.17) is 4.74 Å². The van der Waals surface area contributed by atoms with Crippen molar-refractivity contribution in [3.8, 4) is 0 Å². The molecule has 3 saturated heterocycles. The van der Waals surface area contributed by atoms with Crippen molar-refractivity contribution in [2.24, 2.45) is 17.8 Å². The Bertz CT molecular complexity index is 993. The number of hydrogen-bond donors (Lipinski definition) is 1. The van der Waals surface area contributed by atoms with E-state index in [1.165, 1.54) is 6.42 Å². The molecule has 8 heteroatoms. The number of carbonyl (C=O) groups excluding carboxylic acids is 3. The van der Waals surface area contributed by atoms with Crippen LogP contribution in [-0.4, -0.2) is 93.1 Å². The lowest BCUT2D eigenvalue weighted by atomic mass is 9.64. The molecular formula is C33H53N3O5. The van der Waals surface area contributed by atoms with Gasteiger partial charge in [-0.2, -0.15) is 0 Å². The Kier molecular flexibility index (Phi) is 10.1. The SMILES string of the molecule is C=CCN(CCC)C(=O)[C@@H]1[C@H]2C(=O)N([C@@H](CO)CC(C)C)C(C(=O)N(CC=C)C3CCCCC3)C23CC[C@@]1(CC)O3. The second-order valence-electron chi connectivity index (χ2n) is 13.2. The Labute approximate surface area is 247 Å². The second-order valence-corrected chi connectivity index (χ2v) is 13.2. The maximum absolute atomic E-state index is 14.8. The summed E-state index contributed by atoms with van der Waals surface area (Å²) < 4.78 is 7.02. The molecule has 8 nitrogen and oxygen atoms in total. The first-order valence-corrected chi connectivity index (χ1v) is 16.1. The third-order valence-corrected chi connectivity index (χ3v) is 10.2. The Morgan fingerprint density at radius 2 is 1.78 bits per heavy atom. The molecule has 1 spiro atoms. The van der Waals surface area contributed by atoms with E-state index < -0.39 is 35.1 Å². The topological polar surface area (TPSA) is 90.4 Å². The van der Waals surface area contributed by atoms with Gasteiger partial charge >= 0.3 is 0 Å². The predicted molar refractivity (Wildman–Crippen MR) is 160 cm³/mol. The van der Waals surface area contributed by atoms with E-state index >= 15 is 0 Å². The van der Waals surface area contributed by atoms with Crippen LogP contribution in [0, 0.1) is 17.8 Å². The lowest BCUT2D eigenvalue weighted by Gasteiger charge is -2.42. The van der Waals surface area contributed by atoms with Crippen molar-refractivity contribution in [1.82, 2.24) is 14.7 Å². The largest absolute Gasteiger partial charge is 0.394 e. The number of aliphatic hydroxyl groups is 1. The van der Waals surface area contributed by atoms with Gasteiger partial charge in [-0.05, 0) is 50.9 Å². The van der Waals surface area contributed by atoms with Crippen LogP contribution in [0.25, 0.3) is 0 Å². The average molecular weight is 572 g/mol. The monoisotopic (exact) mass is 571 g/mol. The van der Waals surface area contributed by atoms with Gasteiger partial charge in [0.2, 0.25) is 17.7 Å². The Morgan fingerprint density at radius 1 is 1.10 bits per heavy atom. The zero-order chi connectivity index (χ0) is 29.9. The van der Waals surface area contributed by atoms with Gasteiger partial charge in [-0.15, -0.1) is 13.2 Å². The molecule has 0 aromatic heterocycles. The number of amides is 3. The molecule has 3 heterocycles. The first-order valence-electron chi connectivity index (χ1n) is 16.1. The lowest BCUT2D eigenvalue weighted by molar-refractivity contribution is -0.159. The summed E-state index contributed by atoms with van der Waals surface area (Å²) in [6.07, 6.45) is 11.8. The van der Waals surface area contributed by atoms with Crippen molar-refractivity contribution >= 4 is 17.7 Å². The van der Waals surface area contributed by atoms with Crippen LogP contribution < -0.4 is 0 Å². The first kappa shape index (κ1) is 31.7. The van der Waals surface area contributed by atoms with Gasteiger partial charge in [-0.1, -0.05) is 59.1 Å². The highest BCUT2D eigenvalue weighted by Gasteiger charge is 2.79. The van der Waals surface area contributed by atoms with E-state index in [9.17, 15) is 19.5 Å². The number of likely N-dealkylation sites (tertiary alicyclic amines) is 1. The average Bonchev–Trinajstić information content (AvgIpc) is 3.57. The summed E-state index contributed by atoms with van der Waals surface area (Å²) in [6.45, 7) is 17.1. The van der Waals surface area contributed by atoms with Crippen LogP contribution in [0.4, 0.5) is 0 Å². The molecule has 1 N–H and O–H groups in total. The molecule has 3 amide bonds. The van der Waals surface area contributed by atoms with E-state index in [-0.39, 0.29) is 36.3 Å². The van der Waals surface area contributed by atoms with Crippen LogP contribution in [0.5, 0.6) is 0 Å². The van der Waals surface area contributed by atoms with Crippen LogP contribution in [0.15, 0.2) is 25.3 Å². The molecule has 3 aliphatic heterocycles. The van der Waals surface area contributed by atoms with E-state index in [0.717, 1.165) is 32.1 Å². The van der Waals surface area contributed by atoms with E-state index in [0.29, 0.717) is 45.3 Å². The minimum Gasteiger partial charge on any atom is -0.394 e. The minimum atomic E-state index is -1.09. The number of hydrogen-bond acceptors (Lipinski definition) is 5. The summed E-state index contributed by atoms with van der Waals surface area (Å²) in [7, 11) is 0. The highest BCUT2D eigenvalue weighted by molar-refractivity contribution is 5.99. The summed E-state index contributed by atoms with van der Waals surface area (Å²) in [5, 5.41) is 10.6. The fourth-order valence-corrected chi connectivity index (χ4v) is 8.55. The molecule has 1 saturated carbocycles. The van der Waals surface area contributed by atoms with Gasteiger partial charge < -0.3 is 24.5 Å². The molecule has 4 fully saturated rings. The normalized spacial score (nSPS) is 31.8. The molecule has 6 atom stereocenters. The van der Waals surface area contributed by atoms with Crippen LogP contribution in [-0.2, 0) is 19.1 Å². The third kappa shape index (κ3) is 5.39. The van der Waals surface area contributed by atoms with E-state index in [2.05, 4.69) is 27.0 Å². The second kappa shape index (κ2) is 13.0. The van der Waals surface area contributed by atoms with Gasteiger partial charge in [-0.3, -0.25) is 14.4 Å². The molecule has 2 unspecified atom stereocenters. The highest BCUT2D eigenvalue weighted by atomic mass is 16.5. The summed E-state index contributed by atoms with van der Waals surface area (Å²) in [6, 6.07) is -1.31. The van der Waals surface area contributed by atoms with E-state index in [1.54, 1.807) is 22.0 Å². The zero-order valence-electron chi connectivity index (χ0n) is 25.9. The molecule has 0 radical (unpaired) electrons. The number of aliphatic hydroxyl groups excluding tert-OH is 1. The molecule has 0 aromatic carbocycles. The Hall–Kier alpha value is -2.19. The predicted octanol–water partition coefficient (Wildman–Crippen LogP) is 4.32. The van der Waals surface area contributed by atoms with Crippen molar-refractivity contribution < 1.29 is 24.2 Å². The summed E-state index contributed by atoms with van der Waals surface area (Å²) in [5.41, 5.74) is -1.87. The quantitative estimate of drug-likeness (QED) is 0.314. The van der Waals surface area contributed by atoms with Crippen molar-refractivity contribution in [3.63, 3.8) is 0 Å². The molecule has 4 aliphatic rings. The maximum Gasteiger partial charge on any atom is 0.248 e. The van der Waals surface area contributed by atoms with Crippen molar-refractivity contribution in [2.75, 3.05) is 26.2 Å². The van der Waals surface area contributed by atoms with E-state index in [1.807, 2.05) is 18.7 Å². The fraction of sp³-hybridized carbons (Fsp3) is 0.788. The number of rotatable bonds is 14. The van der Waals surface area contributed by atoms with Crippen LogP contribution in [0.1, 0.15) is 91.9 Å². The van der Waals surface area contributed by atoms with Gasteiger partial charge in [0.1, 0.15) is 11.6 Å². The Balaban J connectivity index is 1.84. The summed E-state index contributed by atoms with van der Waals surface area (Å²) in [4.78, 5) is 49.2. The molecule has 1 aliphatic carbocycles. The van der Waals surface area contributed by atoms with Crippen LogP contribution >= 0.6 is 0 Å². The summed E-state index contributed by atoms with van der Waals surface area (Å²) >= 11 is 0.